The van der Waals surface area contributed by atoms with E-state index in [0.29, 0.717) is 5.56 Å². The molecule has 2 rings (SSSR count). The molecule has 0 aliphatic carbocycles. The fourth-order valence-corrected chi connectivity index (χ4v) is 2.84. The minimum absolute atomic E-state index is 0. The number of amides is 2. The van der Waals surface area contributed by atoms with Gasteiger partial charge in [0.25, 0.3) is 5.91 Å². The Kier molecular flexibility index (Phi) is 6.97. The van der Waals surface area contributed by atoms with Crippen LogP contribution in [0.2, 0.25) is 0 Å². The van der Waals surface area contributed by atoms with Crippen molar-refractivity contribution in [2.45, 2.75) is 11.8 Å². The van der Waals surface area contributed by atoms with Crippen LogP contribution < -0.4 is 34.9 Å². The maximum atomic E-state index is 12.3. The van der Waals surface area contributed by atoms with Gasteiger partial charge in [-0.3, -0.25) is 9.59 Å². The molecule has 1 N–H and O–H groups in total. The largest absolute Gasteiger partial charge is 1.00 e. The molecule has 1 saturated heterocycles. The van der Waals surface area contributed by atoms with Gasteiger partial charge in [-0.2, -0.15) is 0 Å². The minimum atomic E-state index is -4.99. The average molecular weight is 377 g/mol. The number of hydrogen-bond acceptors (Lipinski definition) is 7. The molecule has 1 aliphatic rings. The summed E-state index contributed by atoms with van der Waals surface area (Å²) in [7, 11) is -3.93. The van der Waals surface area contributed by atoms with Crippen LogP contribution >= 0.6 is 0 Å². The van der Waals surface area contributed by atoms with Gasteiger partial charge in [0, 0.05) is 12.0 Å². The van der Waals surface area contributed by atoms with Crippen LogP contribution in [0, 0.1) is 0 Å². The Morgan fingerprint density at radius 2 is 2.08 bits per heavy atom. The zero-order chi connectivity index (χ0) is 18.0. The van der Waals surface area contributed by atoms with Crippen molar-refractivity contribution in [2.24, 2.45) is 5.11 Å². The standard InChI is InChI=1S/C12H13N5O6S.Na/c1-23-12(7-17(11(12)19)24(20,21)22)14-10(18)9(15-16-13)8-5-3-2-4-6-8;/h2-6,9H,7H2,1H3,(H,14,18)(H,20,21,22);/q;+1/p-1. The van der Waals surface area contributed by atoms with Crippen LogP contribution in [-0.4, -0.2) is 48.5 Å². The third-order valence-electron chi connectivity index (χ3n) is 3.41. The molecule has 13 heteroatoms. The van der Waals surface area contributed by atoms with Crippen molar-refractivity contribution in [3.63, 3.8) is 0 Å². The first-order chi connectivity index (χ1) is 11.2. The van der Waals surface area contributed by atoms with E-state index in [1.54, 1.807) is 18.2 Å². The molecule has 1 heterocycles. The summed E-state index contributed by atoms with van der Waals surface area (Å²) < 4.78 is 37.6. The number of hydrogen-bond donors (Lipinski definition) is 1. The molecule has 2 unspecified atom stereocenters. The maximum Gasteiger partial charge on any atom is 1.00 e. The van der Waals surface area contributed by atoms with E-state index in [0.717, 1.165) is 7.11 Å². The van der Waals surface area contributed by atoms with Crippen LogP contribution in [0.3, 0.4) is 0 Å². The smallest absolute Gasteiger partial charge is 0.731 e. The number of nitrogens with zero attached hydrogens (tertiary/aromatic N) is 4. The average Bonchev–Trinajstić information content (AvgIpc) is 2.55. The fourth-order valence-electron chi connectivity index (χ4n) is 2.15. The first-order valence-corrected chi connectivity index (χ1v) is 7.86. The summed E-state index contributed by atoms with van der Waals surface area (Å²) in [5, 5.41) is 5.57. The van der Waals surface area contributed by atoms with Crippen LogP contribution in [0.25, 0.3) is 10.4 Å². The molecule has 1 aliphatic heterocycles. The summed E-state index contributed by atoms with van der Waals surface area (Å²) in [6, 6.07) is 6.71. The van der Waals surface area contributed by atoms with Gasteiger partial charge in [-0.25, -0.2) is 12.7 Å². The molecule has 1 aromatic rings. The van der Waals surface area contributed by atoms with Crippen molar-refractivity contribution in [1.29, 1.82) is 0 Å². The SMILES string of the molecule is COC1(NC(=O)C(N=[N+]=[N-])c2ccccc2)CN(S(=O)(=O)[O-])C1=O.[Na+]. The third-order valence-corrected chi connectivity index (χ3v) is 4.25. The Morgan fingerprint density at radius 3 is 2.52 bits per heavy atom. The van der Waals surface area contributed by atoms with E-state index in [2.05, 4.69) is 15.3 Å². The second kappa shape index (κ2) is 8.15. The Balaban J connectivity index is 0.00000312. The van der Waals surface area contributed by atoms with Crippen molar-refractivity contribution in [3.05, 3.63) is 46.3 Å². The normalized spacial score (nSPS) is 20.6. The van der Waals surface area contributed by atoms with E-state index in [1.807, 2.05) is 0 Å². The zero-order valence-corrected chi connectivity index (χ0v) is 16.1. The number of benzene rings is 1. The molecule has 0 spiro atoms. The zero-order valence-electron chi connectivity index (χ0n) is 13.3. The third kappa shape index (κ3) is 4.30. The van der Waals surface area contributed by atoms with Gasteiger partial charge in [0.15, 0.2) is 10.3 Å². The Bertz CT molecular complexity index is 813. The number of azide groups is 1. The molecule has 2 amide bonds. The van der Waals surface area contributed by atoms with Crippen LogP contribution in [0.4, 0.5) is 0 Å². The number of β-lactam (4-membered cyclic amide) rings is 1. The van der Waals surface area contributed by atoms with E-state index in [4.69, 9.17) is 10.3 Å². The molecule has 0 saturated carbocycles. The number of ether oxygens (including phenoxy) is 1. The first-order valence-electron chi connectivity index (χ1n) is 6.49. The van der Waals surface area contributed by atoms with E-state index < -0.39 is 40.4 Å². The summed E-state index contributed by atoms with van der Waals surface area (Å²) in [5.74, 6) is -2.10. The number of carbonyl (C=O) groups is 2. The molecular weight excluding hydrogens is 365 g/mol. The molecule has 11 nitrogen and oxygen atoms in total. The van der Waals surface area contributed by atoms with Gasteiger partial charge in [-0.05, 0) is 11.1 Å². The van der Waals surface area contributed by atoms with E-state index in [1.165, 1.54) is 12.1 Å². The number of methoxy groups -OCH3 is 1. The van der Waals surface area contributed by atoms with Gasteiger partial charge >= 0.3 is 29.6 Å². The van der Waals surface area contributed by atoms with Gasteiger partial charge in [0.1, 0.15) is 6.04 Å². The van der Waals surface area contributed by atoms with Crippen LogP contribution in [-0.2, 0) is 24.6 Å². The van der Waals surface area contributed by atoms with Crippen molar-refractivity contribution in [1.82, 2.24) is 9.62 Å². The molecule has 128 valence electrons. The van der Waals surface area contributed by atoms with Gasteiger partial charge < -0.3 is 14.6 Å². The predicted octanol–water partition coefficient (Wildman–Crippen LogP) is -3.20. The van der Waals surface area contributed by atoms with E-state index in [-0.39, 0.29) is 33.9 Å². The molecule has 1 fully saturated rings. The molecule has 25 heavy (non-hydrogen) atoms. The van der Waals surface area contributed by atoms with Crippen molar-refractivity contribution < 1.29 is 56.9 Å². The van der Waals surface area contributed by atoms with Gasteiger partial charge in [-0.15, -0.1) is 0 Å². The number of rotatable bonds is 6. The number of nitrogens with one attached hydrogen (secondary N) is 1. The Labute approximate surface area is 165 Å². The van der Waals surface area contributed by atoms with Crippen molar-refractivity contribution >= 4 is 22.1 Å². The van der Waals surface area contributed by atoms with Gasteiger partial charge in [0.2, 0.25) is 11.6 Å². The van der Waals surface area contributed by atoms with Crippen molar-refractivity contribution in [3.8, 4) is 0 Å². The van der Waals surface area contributed by atoms with Crippen molar-refractivity contribution in [2.75, 3.05) is 13.7 Å². The summed E-state index contributed by atoms with van der Waals surface area (Å²) in [6.45, 7) is -0.669. The molecule has 0 radical (unpaired) electrons. The van der Waals surface area contributed by atoms with E-state index >= 15 is 0 Å². The van der Waals surface area contributed by atoms with E-state index in [9.17, 15) is 22.6 Å². The quantitative estimate of drug-likeness (QED) is 0.104. The maximum absolute atomic E-state index is 12.3. The van der Waals surface area contributed by atoms with Gasteiger partial charge in [0.05, 0.1) is 6.54 Å². The molecular formula is C12H12N5NaO6S. The van der Waals surface area contributed by atoms with Crippen LogP contribution in [0.5, 0.6) is 0 Å². The second-order valence-electron chi connectivity index (χ2n) is 4.81. The topological polar surface area (TPSA) is 165 Å². The summed E-state index contributed by atoms with van der Waals surface area (Å²) in [6.07, 6.45) is 0. The monoisotopic (exact) mass is 377 g/mol. The molecule has 0 bridgehead atoms. The predicted molar refractivity (Wildman–Crippen MR) is 77.6 cm³/mol. The number of carbonyl (C=O) groups excluding carboxylic acids is 2. The van der Waals surface area contributed by atoms with Crippen LogP contribution in [0.1, 0.15) is 11.6 Å². The minimum Gasteiger partial charge on any atom is -0.731 e. The summed E-state index contributed by atoms with van der Waals surface area (Å²) >= 11 is 0. The fraction of sp³-hybridized carbons (Fsp3) is 0.333. The first kappa shape index (κ1) is 21.4. The summed E-state index contributed by atoms with van der Waals surface area (Å²) in [4.78, 5) is 26.9. The molecule has 0 aromatic heterocycles. The second-order valence-corrected chi connectivity index (χ2v) is 6.10. The van der Waals surface area contributed by atoms with Gasteiger partial charge in [-0.1, -0.05) is 35.4 Å². The van der Waals surface area contributed by atoms with Crippen LogP contribution in [0.15, 0.2) is 35.4 Å². The Hall–Kier alpha value is -1.66. The molecule has 2 atom stereocenters. The molecule has 1 aromatic carbocycles. The summed E-state index contributed by atoms with van der Waals surface area (Å²) in [5.41, 5.74) is 6.99. The Morgan fingerprint density at radius 1 is 1.48 bits per heavy atom.